The van der Waals surface area contributed by atoms with Crippen molar-refractivity contribution in [1.82, 2.24) is 5.32 Å². The van der Waals surface area contributed by atoms with E-state index >= 15 is 0 Å². The van der Waals surface area contributed by atoms with E-state index in [2.05, 4.69) is 5.32 Å². The highest BCUT2D eigenvalue weighted by Gasteiger charge is 2.10. The van der Waals surface area contributed by atoms with Gasteiger partial charge in [-0.15, -0.1) is 0 Å². The molecule has 1 aromatic carbocycles. The summed E-state index contributed by atoms with van der Waals surface area (Å²) in [5.41, 5.74) is 0.629. The van der Waals surface area contributed by atoms with E-state index in [1.165, 1.54) is 6.07 Å². The van der Waals surface area contributed by atoms with Gasteiger partial charge in [0.2, 0.25) is 5.91 Å². The Labute approximate surface area is 100 Å². The molecular formula is C12H16ClNO2. The third-order valence-corrected chi connectivity index (χ3v) is 2.79. The van der Waals surface area contributed by atoms with Crippen LogP contribution in [0, 0.1) is 5.92 Å². The van der Waals surface area contributed by atoms with Crippen LogP contribution in [-0.2, 0) is 11.3 Å². The number of phenolic OH excluding ortho intramolecular Hbond substituents is 1. The molecule has 1 amide bonds. The Morgan fingerprint density at radius 2 is 2.25 bits per heavy atom. The van der Waals surface area contributed by atoms with Crippen LogP contribution in [0.15, 0.2) is 18.2 Å². The number of carbonyl (C=O) groups is 1. The maximum atomic E-state index is 11.5. The number of amides is 1. The van der Waals surface area contributed by atoms with Gasteiger partial charge in [0.25, 0.3) is 0 Å². The summed E-state index contributed by atoms with van der Waals surface area (Å²) in [6.07, 6.45) is 0.799. The first-order valence-corrected chi connectivity index (χ1v) is 5.67. The van der Waals surface area contributed by atoms with Crippen molar-refractivity contribution in [2.45, 2.75) is 26.8 Å². The number of halogens is 1. The van der Waals surface area contributed by atoms with Crippen LogP contribution >= 0.6 is 11.6 Å². The molecule has 1 unspecified atom stereocenters. The molecule has 88 valence electrons. The lowest BCUT2D eigenvalue weighted by Gasteiger charge is -2.11. The van der Waals surface area contributed by atoms with Gasteiger partial charge in [0, 0.05) is 23.0 Å². The Kier molecular flexibility index (Phi) is 4.62. The summed E-state index contributed by atoms with van der Waals surface area (Å²) < 4.78 is 0. The first kappa shape index (κ1) is 12.8. The molecule has 0 aromatic heterocycles. The van der Waals surface area contributed by atoms with Gasteiger partial charge in [0.05, 0.1) is 0 Å². The molecule has 0 bridgehead atoms. The maximum absolute atomic E-state index is 11.5. The predicted molar refractivity (Wildman–Crippen MR) is 64.4 cm³/mol. The van der Waals surface area contributed by atoms with Crippen molar-refractivity contribution >= 4 is 17.5 Å². The van der Waals surface area contributed by atoms with Gasteiger partial charge in [-0.2, -0.15) is 0 Å². The Morgan fingerprint density at radius 1 is 1.56 bits per heavy atom. The number of rotatable bonds is 4. The Morgan fingerprint density at radius 3 is 2.88 bits per heavy atom. The van der Waals surface area contributed by atoms with Gasteiger partial charge in [-0.05, 0) is 24.6 Å². The first-order valence-electron chi connectivity index (χ1n) is 5.29. The Hall–Kier alpha value is -1.22. The average Bonchev–Trinajstić information content (AvgIpc) is 2.28. The summed E-state index contributed by atoms with van der Waals surface area (Å²) in [4.78, 5) is 11.5. The van der Waals surface area contributed by atoms with E-state index in [0.29, 0.717) is 17.1 Å². The van der Waals surface area contributed by atoms with Crippen LogP contribution in [0.3, 0.4) is 0 Å². The fourth-order valence-corrected chi connectivity index (χ4v) is 1.43. The summed E-state index contributed by atoms with van der Waals surface area (Å²) in [7, 11) is 0. The van der Waals surface area contributed by atoms with Crippen LogP contribution in [-0.4, -0.2) is 11.0 Å². The molecule has 1 aromatic rings. The standard InChI is InChI=1S/C12H16ClNO2/c1-3-8(2)12(16)14-7-9-6-10(13)4-5-11(9)15/h4-6,8,15H,3,7H2,1-2H3,(H,14,16). The molecule has 2 N–H and O–H groups in total. The molecule has 0 radical (unpaired) electrons. The zero-order valence-corrected chi connectivity index (χ0v) is 10.2. The van der Waals surface area contributed by atoms with Crippen LogP contribution in [0.25, 0.3) is 0 Å². The van der Waals surface area contributed by atoms with E-state index in [-0.39, 0.29) is 17.6 Å². The molecule has 0 heterocycles. The quantitative estimate of drug-likeness (QED) is 0.852. The Balaban J connectivity index is 2.61. The van der Waals surface area contributed by atoms with E-state index in [9.17, 15) is 9.90 Å². The first-order chi connectivity index (χ1) is 7.54. The summed E-state index contributed by atoms with van der Waals surface area (Å²) in [6.45, 7) is 4.13. The molecule has 0 aliphatic heterocycles. The van der Waals surface area contributed by atoms with Crippen molar-refractivity contribution < 1.29 is 9.90 Å². The second-order valence-corrected chi connectivity index (χ2v) is 4.24. The number of phenols is 1. The van der Waals surface area contributed by atoms with Gasteiger partial charge in [-0.1, -0.05) is 25.4 Å². The molecule has 16 heavy (non-hydrogen) atoms. The molecular weight excluding hydrogens is 226 g/mol. The minimum absolute atomic E-state index is 0.0122. The van der Waals surface area contributed by atoms with E-state index in [0.717, 1.165) is 6.42 Å². The van der Waals surface area contributed by atoms with Crippen molar-refractivity contribution in [1.29, 1.82) is 0 Å². The van der Waals surface area contributed by atoms with Crippen LogP contribution in [0.2, 0.25) is 5.02 Å². The average molecular weight is 242 g/mol. The third kappa shape index (κ3) is 3.42. The lowest BCUT2D eigenvalue weighted by molar-refractivity contribution is -0.124. The molecule has 1 atom stereocenters. The lowest BCUT2D eigenvalue weighted by atomic mass is 10.1. The fraction of sp³-hybridized carbons (Fsp3) is 0.417. The summed E-state index contributed by atoms with van der Waals surface area (Å²) in [5.74, 6) is 0.122. The van der Waals surface area contributed by atoms with Crippen molar-refractivity contribution in [2.24, 2.45) is 5.92 Å². The number of hydrogen-bond acceptors (Lipinski definition) is 2. The highest BCUT2D eigenvalue weighted by molar-refractivity contribution is 6.30. The highest BCUT2D eigenvalue weighted by atomic mass is 35.5. The molecule has 4 heteroatoms. The van der Waals surface area contributed by atoms with Gasteiger partial charge in [-0.3, -0.25) is 4.79 Å². The number of hydrogen-bond donors (Lipinski definition) is 2. The lowest BCUT2D eigenvalue weighted by Crippen LogP contribution is -2.28. The van der Waals surface area contributed by atoms with E-state index in [1.807, 2.05) is 13.8 Å². The van der Waals surface area contributed by atoms with Crippen molar-refractivity contribution in [2.75, 3.05) is 0 Å². The monoisotopic (exact) mass is 241 g/mol. The number of benzene rings is 1. The van der Waals surface area contributed by atoms with Gasteiger partial charge in [0.15, 0.2) is 0 Å². The predicted octanol–water partition coefficient (Wildman–Crippen LogP) is 2.71. The second kappa shape index (κ2) is 5.75. The SMILES string of the molecule is CCC(C)C(=O)NCc1cc(Cl)ccc1O. The molecule has 0 saturated heterocycles. The zero-order chi connectivity index (χ0) is 12.1. The molecule has 0 aliphatic carbocycles. The number of nitrogens with one attached hydrogen (secondary N) is 1. The smallest absolute Gasteiger partial charge is 0.223 e. The molecule has 0 fully saturated rings. The van der Waals surface area contributed by atoms with E-state index in [1.54, 1.807) is 12.1 Å². The largest absolute Gasteiger partial charge is 0.508 e. The fourth-order valence-electron chi connectivity index (χ4n) is 1.24. The van der Waals surface area contributed by atoms with E-state index < -0.39 is 0 Å². The summed E-state index contributed by atoms with van der Waals surface area (Å²) in [6, 6.07) is 4.78. The Bertz CT molecular complexity index is 379. The van der Waals surface area contributed by atoms with Crippen LogP contribution < -0.4 is 5.32 Å². The minimum Gasteiger partial charge on any atom is -0.508 e. The molecule has 3 nitrogen and oxygen atoms in total. The topological polar surface area (TPSA) is 49.3 Å². The molecule has 1 rings (SSSR count). The highest BCUT2D eigenvalue weighted by Crippen LogP contribution is 2.21. The van der Waals surface area contributed by atoms with Gasteiger partial charge in [0.1, 0.15) is 5.75 Å². The van der Waals surface area contributed by atoms with Crippen LogP contribution in [0.5, 0.6) is 5.75 Å². The van der Waals surface area contributed by atoms with Crippen molar-refractivity contribution in [3.8, 4) is 5.75 Å². The summed E-state index contributed by atoms with van der Waals surface area (Å²) in [5, 5.41) is 12.8. The third-order valence-electron chi connectivity index (χ3n) is 2.55. The van der Waals surface area contributed by atoms with Gasteiger partial charge < -0.3 is 10.4 Å². The summed E-state index contributed by atoms with van der Waals surface area (Å²) >= 11 is 5.80. The normalized spacial score (nSPS) is 12.2. The second-order valence-electron chi connectivity index (χ2n) is 3.80. The van der Waals surface area contributed by atoms with Crippen molar-refractivity contribution in [3.63, 3.8) is 0 Å². The van der Waals surface area contributed by atoms with Crippen molar-refractivity contribution in [3.05, 3.63) is 28.8 Å². The minimum atomic E-state index is -0.0127. The number of aromatic hydroxyl groups is 1. The van der Waals surface area contributed by atoms with Crippen LogP contribution in [0.1, 0.15) is 25.8 Å². The number of carbonyl (C=O) groups excluding carboxylic acids is 1. The maximum Gasteiger partial charge on any atom is 0.223 e. The zero-order valence-electron chi connectivity index (χ0n) is 9.46. The van der Waals surface area contributed by atoms with Gasteiger partial charge in [-0.25, -0.2) is 0 Å². The molecule has 0 saturated carbocycles. The van der Waals surface area contributed by atoms with Crippen LogP contribution in [0.4, 0.5) is 0 Å². The molecule has 0 spiro atoms. The molecule has 0 aliphatic rings. The van der Waals surface area contributed by atoms with E-state index in [4.69, 9.17) is 11.6 Å². The van der Waals surface area contributed by atoms with Gasteiger partial charge >= 0.3 is 0 Å².